The summed E-state index contributed by atoms with van der Waals surface area (Å²) in [5, 5.41) is 5.37. The van der Waals surface area contributed by atoms with Gasteiger partial charge >= 0.3 is 6.03 Å². The summed E-state index contributed by atoms with van der Waals surface area (Å²) in [7, 11) is 3.28. The van der Waals surface area contributed by atoms with E-state index in [9.17, 15) is 4.79 Å². The van der Waals surface area contributed by atoms with Crippen LogP contribution < -0.4 is 14.8 Å². The average Bonchev–Trinajstić information content (AvgIpc) is 3.15. The third-order valence-corrected chi connectivity index (χ3v) is 6.65. The Morgan fingerprint density at radius 2 is 1.90 bits per heavy atom. The van der Waals surface area contributed by atoms with Crippen molar-refractivity contribution >= 4 is 17.4 Å². The van der Waals surface area contributed by atoms with Crippen molar-refractivity contribution in [1.82, 2.24) is 10.2 Å². The number of nitrogens with one attached hydrogen (secondary N) is 1. The number of amides is 2. The smallest absolute Gasteiger partial charge is 0.317 e. The Labute approximate surface area is 178 Å². The van der Waals surface area contributed by atoms with E-state index in [-0.39, 0.29) is 6.03 Å². The number of benzene rings is 1. The fraction of sp³-hybridized carbons (Fsp3) is 0.522. The highest BCUT2D eigenvalue weighted by Crippen LogP contribution is 2.28. The molecule has 1 saturated carbocycles. The van der Waals surface area contributed by atoms with Gasteiger partial charge in [-0.25, -0.2) is 4.79 Å². The van der Waals surface area contributed by atoms with Crippen LogP contribution in [0.4, 0.5) is 4.79 Å². The summed E-state index contributed by atoms with van der Waals surface area (Å²) in [6, 6.07) is 8.42. The summed E-state index contributed by atoms with van der Waals surface area (Å²) in [6.45, 7) is 3.41. The van der Waals surface area contributed by atoms with Crippen molar-refractivity contribution in [2.75, 3.05) is 20.8 Å². The van der Waals surface area contributed by atoms with E-state index in [4.69, 9.17) is 9.47 Å². The molecule has 5 nitrogen and oxygen atoms in total. The summed E-state index contributed by atoms with van der Waals surface area (Å²) in [5.74, 6) is 1.44. The van der Waals surface area contributed by atoms with Crippen molar-refractivity contribution in [2.24, 2.45) is 0 Å². The van der Waals surface area contributed by atoms with E-state index in [0.717, 1.165) is 36.3 Å². The normalized spacial score (nSPS) is 14.4. The molecule has 6 heteroatoms. The van der Waals surface area contributed by atoms with Gasteiger partial charge in [0.15, 0.2) is 11.5 Å². The summed E-state index contributed by atoms with van der Waals surface area (Å²) in [5.41, 5.74) is 2.37. The molecule has 0 atom stereocenters. The number of rotatable bonds is 8. The largest absolute Gasteiger partial charge is 0.493 e. The Morgan fingerprint density at radius 3 is 2.55 bits per heavy atom. The number of aryl methyl sites for hydroxylation is 1. The number of thiophene rings is 1. The van der Waals surface area contributed by atoms with Gasteiger partial charge in [0, 0.05) is 17.5 Å². The zero-order valence-corrected chi connectivity index (χ0v) is 18.5. The summed E-state index contributed by atoms with van der Waals surface area (Å²) >= 11 is 1.72. The number of carbonyl (C=O) groups excluding carboxylic acids is 1. The third kappa shape index (κ3) is 5.89. The predicted molar refractivity (Wildman–Crippen MR) is 118 cm³/mol. The van der Waals surface area contributed by atoms with Crippen molar-refractivity contribution < 1.29 is 14.3 Å². The zero-order chi connectivity index (χ0) is 20.6. The molecule has 158 valence electrons. The lowest BCUT2D eigenvalue weighted by molar-refractivity contribution is 0.188. The van der Waals surface area contributed by atoms with Gasteiger partial charge in [-0.2, -0.15) is 0 Å². The molecule has 0 bridgehead atoms. The lowest BCUT2D eigenvalue weighted by atomic mass is 9.96. The molecule has 1 heterocycles. The Morgan fingerprint density at radius 1 is 1.14 bits per heavy atom. The van der Waals surface area contributed by atoms with Gasteiger partial charge in [0.25, 0.3) is 0 Å². The number of hydrogen-bond donors (Lipinski definition) is 1. The van der Waals surface area contributed by atoms with Gasteiger partial charge < -0.3 is 19.7 Å². The molecular weight excluding hydrogens is 384 g/mol. The highest BCUT2D eigenvalue weighted by Gasteiger charge is 2.21. The van der Waals surface area contributed by atoms with Crippen LogP contribution >= 0.6 is 11.3 Å². The van der Waals surface area contributed by atoms with Crippen LogP contribution in [0.25, 0.3) is 0 Å². The van der Waals surface area contributed by atoms with Crippen LogP contribution in [0, 0.1) is 6.92 Å². The first kappa shape index (κ1) is 21.5. The third-order valence-electron chi connectivity index (χ3n) is 5.64. The highest BCUT2D eigenvalue weighted by molar-refractivity contribution is 7.10. The lowest BCUT2D eigenvalue weighted by Crippen LogP contribution is -2.45. The van der Waals surface area contributed by atoms with Gasteiger partial charge in [-0.05, 0) is 60.9 Å². The standard InChI is InChI=1S/C23H32N2O3S/c1-17-12-14-29-22(17)16-25(23(26)24-19-7-5-4-6-8-19)13-11-18-9-10-20(27-2)21(15-18)28-3/h9-10,12,14-15,19H,4-8,11,13,16H2,1-3H3,(H,24,26). The van der Waals surface area contributed by atoms with E-state index in [1.807, 2.05) is 23.1 Å². The topological polar surface area (TPSA) is 50.8 Å². The highest BCUT2D eigenvalue weighted by atomic mass is 32.1. The Balaban J connectivity index is 1.68. The van der Waals surface area contributed by atoms with Gasteiger partial charge in [-0.15, -0.1) is 11.3 Å². The minimum Gasteiger partial charge on any atom is -0.493 e. The molecule has 1 aliphatic rings. The first-order valence-electron chi connectivity index (χ1n) is 10.4. The quantitative estimate of drug-likeness (QED) is 0.647. The number of carbonyl (C=O) groups is 1. The monoisotopic (exact) mass is 416 g/mol. The molecular formula is C23H32N2O3S. The van der Waals surface area contributed by atoms with Crippen LogP contribution in [0.2, 0.25) is 0 Å². The van der Waals surface area contributed by atoms with E-state index in [1.165, 1.54) is 29.7 Å². The first-order chi connectivity index (χ1) is 14.1. The molecule has 1 aliphatic carbocycles. The van der Waals surface area contributed by atoms with Crippen molar-refractivity contribution in [1.29, 1.82) is 0 Å². The van der Waals surface area contributed by atoms with Gasteiger partial charge in [0.05, 0.1) is 20.8 Å². The molecule has 0 unspecified atom stereocenters. The number of methoxy groups -OCH3 is 2. The Hall–Kier alpha value is -2.21. The molecule has 0 saturated heterocycles. The van der Waals surface area contributed by atoms with Crippen LogP contribution in [0.15, 0.2) is 29.6 Å². The molecule has 2 aromatic rings. The molecule has 1 N–H and O–H groups in total. The number of nitrogens with zero attached hydrogens (tertiary/aromatic N) is 1. The van der Waals surface area contributed by atoms with Crippen molar-refractivity contribution in [3.63, 3.8) is 0 Å². The van der Waals surface area contributed by atoms with E-state index in [0.29, 0.717) is 19.1 Å². The zero-order valence-electron chi connectivity index (χ0n) is 17.7. The Kier molecular flexibility index (Phi) is 7.81. The maximum atomic E-state index is 13.1. The van der Waals surface area contributed by atoms with E-state index >= 15 is 0 Å². The van der Waals surface area contributed by atoms with E-state index < -0.39 is 0 Å². The first-order valence-corrected chi connectivity index (χ1v) is 11.3. The minimum absolute atomic E-state index is 0.0465. The minimum atomic E-state index is 0.0465. The van der Waals surface area contributed by atoms with Crippen LogP contribution in [0.1, 0.15) is 48.1 Å². The van der Waals surface area contributed by atoms with Gasteiger partial charge in [-0.3, -0.25) is 0 Å². The van der Waals surface area contributed by atoms with Gasteiger partial charge in [0.1, 0.15) is 0 Å². The van der Waals surface area contributed by atoms with Crippen LogP contribution in [0.5, 0.6) is 11.5 Å². The summed E-state index contributed by atoms with van der Waals surface area (Å²) < 4.78 is 10.7. The van der Waals surface area contributed by atoms with Gasteiger partial charge in [-0.1, -0.05) is 25.3 Å². The Bertz CT molecular complexity index is 799. The van der Waals surface area contributed by atoms with Gasteiger partial charge in [0.2, 0.25) is 0 Å². The molecule has 3 rings (SSSR count). The summed E-state index contributed by atoms with van der Waals surface area (Å²) in [4.78, 5) is 16.3. The molecule has 0 aliphatic heterocycles. The molecule has 1 aromatic heterocycles. The lowest BCUT2D eigenvalue weighted by Gasteiger charge is -2.28. The van der Waals surface area contributed by atoms with Crippen molar-refractivity contribution in [3.05, 3.63) is 45.6 Å². The molecule has 0 radical (unpaired) electrons. The SMILES string of the molecule is COc1ccc(CCN(Cc2sccc2C)C(=O)NC2CCCCC2)cc1OC. The second kappa shape index (κ2) is 10.5. The number of ether oxygens (including phenoxy) is 2. The molecule has 29 heavy (non-hydrogen) atoms. The molecule has 1 aromatic carbocycles. The second-order valence-corrected chi connectivity index (χ2v) is 8.67. The maximum Gasteiger partial charge on any atom is 0.317 e. The average molecular weight is 417 g/mol. The maximum absolute atomic E-state index is 13.1. The van der Waals surface area contributed by atoms with Crippen molar-refractivity contribution in [3.8, 4) is 11.5 Å². The molecule has 0 spiro atoms. The summed E-state index contributed by atoms with van der Waals surface area (Å²) in [6.07, 6.45) is 6.65. The fourth-order valence-corrected chi connectivity index (χ4v) is 4.73. The second-order valence-electron chi connectivity index (χ2n) is 7.67. The predicted octanol–water partition coefficient (Wildman–Crippen LogP) is 5.16. The molecule has 2 amide bonds. The number of urea groups is 1. The van der Waals surface area contributed by atoms with Crippen LogP contribution in [-0.2, 0) is 13.0 Å². The van der Waals surface area contributed by atoms with Crippen LogP contribution in [0.3, 0.4) is 0 Å². The number of hydrogen-bond acceptors (Lipinski definition) is 4. The molecule has 1 fully saturated rings. The fourth-order valence-electron chi connectivity index (χ4n) is 3.80. The van der Waals surface area contributed by atoms with E-state index in [1.54, 1.807) is 25.6 Å². The van der Waals surface area contributed by atoms with E-state index in [2.05, 4.69) is 23.7 Å². The van der Waals surface area contributed by atoms with Crippen LogP contribution in [-0.4, -0.2) is 37.7 Å². The van der Waals surface area contributed by atoms with Crippen molar-refractivity contribution in [2.45, 2.75) is 58.0 Å².